The molecular formula is C20H33N. The van der Waals surface area contributed by atoms with Gasteiger partial charge in [-0.05, 0) is 76.1 Å². The molecule has 1 aliphatic heterocycles. The molecule has 1 heterocycles. The second kappa shape index (κ2) is 7.45. The zero-order chi connectivity index (χ0) is 15.3. The van der Waals surface area contributed by atoms with E-state index in [1.54, 1.807) is 11.1 Å². The van der Waals surface area contributed by atoms with Crippen LogP contribution in [0.3, 0.4) is 0 Å². The van der Waals surface area contributed by atoms with Crippen molar-refractivity contribution in [3.05, 3.63) is 36.0 Å². The first-order valence-corrected chi connectivity index (χ1v) is 8.77. The summed E-state index contributed by atoms with van der Waals surface area (Å²) in [5, 5.41) is 0. The molecule has 0 bridgehead atoms. The van der Waals surface area contributed by atoms with E-state index in [0.29, 0.717) is 5.41 Å². The topological polar surface area (TPSA) is 3.24 Å². The molecule has 0 aromatic rings. The number of likely N-dealkylation sites (tertiary alicyclic amines) is 1. The molecule has 1 saturated heterocycles. The summed E-state index contributed by atoms with van der Waals surface area (Å²) in [6.07, 6.45) is 15.9. The van der Waals surface area contributed by atoms with Crippen molar-refractivity contribution in [2.75, 3.05) is 20.1 Å². The minimum atomic E-state index is 0.571. The van der Waals surface area contributed by atoms with Crippen LogP contribution in [0.25, 0.3) is 0 Å². The molecule has 1 nitrogen and oxygen atoms in total. The van der Waals surface area contributed by atoms with Gasteiger partial charge in [0, 0.05) is 0 Å². The van der Waals surface area contributed by atoms with Crippen LogP contribution in [0.2, 0.25) is 0 Å². The minimum Gasteiger partial charge on any atom is -0.306 e. The minimum absolute atomic E-state index is 0.571. The van der Waals surface area contributed by atoms with Gasteiger partial charge in [-0.15, -0.1) is 0 Å². The molecule has 2 rings (SSSR count). The molecule has 1 atom stereocenters. The van der Waals surface area contributed by atoms with Gasteiger partial charge in [-0.3, -0.25) is 0 Å². The molecule has 0 aromatic heterocycles. The van der Waals surface area contributed by atoms with Crippen LogP contribution < -0.4 is 0 Å². The van der Waals surface area contributed by atoms with E-state index < -0.39 is 0 Å². The van der Waals surface area contributed by atoms with E-state index in [2.05, 4.69) is 44.5 Å². The highest BCUT2D eigenvalue weighted by molar-refractivity contribution is 5.31. The van der Waals surface area contributed by atoms with Crippen LogP contribution in [-0.4, -0.2) is 25.0 Å². The number of nitrogens with zero attached hydrogens (tertiary/aromatic N) is 1. The van der Waals surface area contributed by atoms with Gasteiger partial charge in [0.15, 0.2) is 0 Å². The van der Waals surface area contributed by atoms with Crippen molar-refractivity contribution in [3.63, 3.8) is 0 Å². The van der Waals surface area contributed by atoms with Gasteiger partial charge < -0.3 is 4.90 Å². The van der Waals surface area contributed by atoms with Gasteiger partial charge in [-0.1, -0.05) is 50.1 Å². The predicted octanol–water partition coefficient (Wildman–Crippen LogP) is 5.36. The van der Waals surface area contributed by atoms with Gasteiger partial charge in [-0.25, -0.2) is 0 Å². The van der Waals surface area contributed by atoms with E-state index in [-0.39, 0.29) is 0 Å². The van der Waals surface area contributed by atoms with Crippen molar-refractivity contribution in [3.8, 4) is 0 Å². The fourth-order valence-corrected chi connectivity index (χ4v) is 4.28. The molecule has 0 radical (unpaired) electrons. The number of allylic oxidation sites excluding steroid dienone is 5. The molecule has 1 heteroatoms. The lowest BCUT2D eigenvalue weighted by molar-refractivity contribution is 0.0454. The number of rotatable bonds is 5. The molecule has 21 heavy (non-hydrogen) atoms. The van der Waals surface area contributed by atoms with Crippen LogP contribution in [0.15, 0.2) is 36.0 Å². The Kier molecular flexibility index (Phi) is 5.87. The second-order valence-corrected chi connectivity index (χ2v) is 7.29. The quantitative estimate of drug-likeness (QED) is 0.615. The van der Waals surface area contributed by atoms with Crippen molar-refractivity contribution in [2.24, 2.45) is 11.3 Å². The Morgan fingerprint density at radius 2 is 2.05 bits per heavy atom. The van der Waals surface area contributed by atoms with E-state index >= 15 is 0 Å². The zero-order valence-electron chi connectivity index (χ0n) is 14.3. The van der Waals surface area contributed by atoms with Gasteiger partial charge >= 0.3 is 0 Å². The monoisotopic (exact) mass is 287 g/mol. The number of piperidine rings is 1. The van der Waals surface area contributed by atoms with Crippen LogP contribution in [0.5, 0.6) is 0 Å². The second-order valence-electron chi connectivity index (χ2n) is 7.29. The van der Waals surface area contributed by atoms with Gasteiger partial charge in [0.2, 0.25) is 0 Å². The first-order valence-electron chi connectivity index (χ1n) is 8.77. The summed E-state index contributed by atoms with van der Waals surface area (Å²) in [4.78, 5) is 2.51. The number of unbranched alkanes of at least 4 members (excludes halogenated alkanes) is 1. The van der Waals surface area contributed by atoms with Gasteiger partial charge in [0.05, 0.1) is 0 Å². The Bertz CT molecular complexity index is 408. The third kappa shape index (κ3) is 3.88. The highest BCUT2D eigenvalue weighted by Gasteiger charge is 2.43. The Morgan fingerprint density at radius 3 is 2.67 bits per heavy atom. The maximum atomic E-state index is 3.82. The van der Waals surface area contributed by atoms with Crippen LogP contribution in [0.1, 0.15) is 58.8 Å². The van der Waals surface area contributed by atoms with E-state index in [1.807, 2.05) is 6.08 Å². The smallest absolute Gasteiger partial charge is 0.00163 e. The predicted molar refractivity (Wildman–Crippen MR) is 93.5 cm³/mol. The van der Waals surface area contributed by atoms with Crippen molar-refractivity contribution in [1.29, 1.82) is 0 Å². The van der Waals surface area contributed by atoms with E-state index in [4.69, 9.17) is 0 Å². The van der Waals surface area contributed by atoms with Crippen LogP contribution >= 0.6 is 0 Å². The summed E-state index contributed by atoms with van der Waals surface area (Å²) < 4.78 is 0. The third-order valence-corrected chi connectivity index (χ3v) is 5.83. The summed E-state index contributed by atoms with van der Waals surface area (Å²) in [5.41, 5.74) is 3.79. The van der Waals surface area contributed by atoms with Crippen LogP contribution in [0.4, 0.5) is 0 Å². The Morgan fingerprint density at radius 1 is 1.33 bits per heavy atom. The van der Waals surface area contributed by atoms with E-state index in [1.165, 1.54) is 58.0 Å². The number of hydrogen-bond acceptors (Lipinski definition) is 1. The molecule has 1 unspecified atom stereocenters. The molecule has 118 valence electrons. The maximum absolute atomic E-state index is 3.82. The largest absolute Gasteiger partial charge is 0.306 e. The van der Waals surface area contributed by atoms with Gasteiger partial charge in [0.1, 0.15) is 0 Å². The average molecular weight is 287 g/mol. The average Bonchev–Trinajstić information content (AvgIpc) is 2.49. The Balaban J connectivity index is 2.21. The fourth-order valence-electron chi connectivity index (χ4n) is 4.28. The van der Waals surface area contributed by atoms with Crippen LogP contribution in [0, 0.1) is 11.3 Å². The summed E-state index contributed by atoms with van der Waals surface area (Å²) in [5.74, 6) is 0.909. The maximum Gasteiger partial charge on any atom is -0.00163 e. The molecule has 1 spiro atoms. The highest BCUT2D eigenvalue weighted by Crippen LogP contribution is 2.52. The molecule has 0 saturated carbocycles. The zero-order valence-corrected chi connectivity index (χ0v) is 14.3. The van der Waals surface area contributed by atoms with Gasteiger partial charge in [-0.2, -0.15) is 0 Å². The Hall–Kier alpha value is -0.820. The van der Waals surface area contributed by atoms with Crippen molar-refractivity contribution >= 4 is 0 Å². The molecule has 0 aromatic carbocycles. The normalized spacial score (nSPS) is 26.7. The van der Waals surface area contributed by atoms with Crippen molar-refractivity contribution in [2.45, 2.75) is 58.8 Å². The summed E-state index contributed by atoms with van der Waals surface area (Å²) in [7, 11) is 2.27. The highest BCUT2D eigenvalue weighted by atomic mass is 15.1. The lowest BCUT2D eigenvalue weighted by atomic mass is 9.59. The molecular weight excluding hydrogens is 254 g/mol. The lowest BCUT2D eigenvalue weighted by Crippen LogP contribution is -2.44. The summed E-state index contributed by atoms with van der Waals surface area (Å²) >= 11 is 0. The first-order chi connectivity index (χ1) is 10.1. The Labute approximate surface area is 131 Å². The summed E-state index contributed by atoms with van der Waals surface area (Å²) in [6, 6.07) is 0. The van der Waals surface area contributed by atoms with Crippen molar-refractivity contribution in [1.82, 2.24) is 4.90 Å². The van der Waals surface area contributed by atoms with Gasteiger partial charge in [0.25, 0.3) is 0 Å². The van der Waals surface area contributed by atoms with E-state index in [9.17, 15) is 0 Å². The van der Waals surface area contributed by atoms with Crippen LogP contribution in [-0.2, 0) is 0 Å². The first kappa shape index (κ1) is 16.5. The standard InChI is InChI=1S/C20H33N/c1-5-7-9-18-16-20(11-13-21(4)14-12-20)19(10-8-6-2)15-17(18)3/h5,7,9,19H,1,6,8,10-16H2,2-4H3/b9-7-. The third-order valence-electron chi connectivity index (χ3n) is 5.83. The fraction of sp³-hybridized carbons (Fsp3) is 0.700. The van der Waals surface area contributed by atoms with E-state index in [0.717, 1.165) is 5.92 Å². The van der Waals surface area contributed by atoms with Crippen molar-refractivity contribution < 1.29 is 0 Å². The lowest BCUT2D eigenvalue weighted by Gasteiger charge is -2.49. The molecule has 0 amide bonds. The molecule has 2 aliphatic rings. The molecule has 1 fully saturated rings. The SMILES string of the molecule is C=C/C=C\C1=C(C)CC(CCCC)C2(CCN(C)CC2)C1. The number of hydrogen-bond donors (Lipinski definition) is 0. The molecule has 0 N–H and O–H groups in total. The molecule has 1 aliphatic carbocycles. The summed E-state index contributed by atoms with van der Waals surface area (Å²) in [6.45, 7) is 11.1.